The summed E-state index contributed by atoms with van der Waals surface area (Å²) in [5, 5.41) is 10.7. The third kappa shape index (κ3) is 76.3. The number of unbranched alkanes of at least 4 members (excludes halogenated alkanes) is 52. The van der Waals surface area contributed by atoms with Gasteiger partial charge < -0.3 is 33.8 Å². The lowest BCUT2D eigenvalue weighted by Crippen LogP contribution is -2.30. The molecule has 0 saturated carbocycles. The van der Waals surface area contributed by atoms with Crippen LogP contribution in [-0.4, -0.2) is 96.7 Å². The smallest absolute Gasteiger partial charge is 0.462 e. The predicted octanol–water partition coefficient (Wildman–Crippen LogP) is 25.1. The zero-order valence-corrected chi connectivity index (χ0v) is 68.7. The molecule has 0 aromatic heterocycles. The van der Waals surface area contributed by atoms with Crippen LogP contribution in [0.1, 0.15) is 440 Å². The van der Waals surface area contributed by atoms with Gasteiger partial charge in [-0.25, -0.2) is 9.13 Å². The van der Waals surface area contributed by atoms with E-state index in [4.69, 9.17) is 37.0 Å². The van der Waals surface area contributed by atoms with Crippen LogP contribution in [-0.2, 0) is 65.4 Å². The van der Waals surface area contributed by atoms with E-state index in [1.807, 2.05) is 0 Å². The second kappa shape index (κ2) is 74.5. The highest BCUT2D eigenvalue weighted by Gasteiger charge is 2.30. The summed E-state index contributed by atoms with van der Waals surface area (Å²) in [7, 11) is -9.92. The zero-order valence-electron chi connectivity index (χ0n) is 66.9. The van der Waals surface area contributed by atoms with Gasteiger partial charge in [-0.15, -0.1) is 0 Å². The number of hydrogen-bond acceptors (Lipinski definition) is 15. The Morgan fingerprint density at radius 3 is 0.667 bits per heavy atom. The van der Waals surface area contributed by atoms with Crippen LogP contribution in [0.25, 0.3) is 0 Å². The fraction of sp³-hybridized carbons (Fsp3) is 0.952. The minimum Gasteiger partial charge on any atom is -0.462 e. The van der Waals surface area contributed by atoms with E-state index in [1.54, 1.807) is 0 Å². The lowest BCUT2D eigenvalue weighted by molar-refractivity contribution is -0.161. The van der Waals surface area contributed by atoms with Crippen molar-refractivity contribution in [2.75, 3.05) is 39.6 Å². The average molecular weight is 1490 g/mol. The molecule has 17 nitrogen and oxygen atoms in total. The molecule has 0 rings (SSSR count). The van der Waals surface area contributed by atoms with E-state index in [0.717, 1.165) is 102 Å². The standard InChI is InChI=1S/C83H162O17P2/c1-7-9-11-13-15-17-19-20-21-22-26-31-36-42-48-54-60-66-81(86)94-72-79(100-82(87)67-61-55-49-43-37-32-27-24-23-25-29-34-39-45-51-57-63-75(3)4)74-98-102(91,92)96-70-77(84)69-95-101(89,90)97-73-78(71-93-80(85)65-59-53-47-41-18-16-14-12-10-8-2)99-83(88)68-62-56-50-44-38-33-28-30-35-40-46-52-58-64-76(5)6/h75-79,84H,7-74H2,1-6H3,(H,89,90)(H,91,92)/t77-,78+,79+/m0/s1. The molecule has 0 aromatic rings. The van der Waals surface area contributed by atoms with Crippen LogP contribution in [0.3, 0.4) is 0 Å². The summed E-state index contributed by atoms with van der Waals surface area (Å²) >= 11 is 0. The molecule has 0 saturated heterocycles. The maximum atomic E-state index is 13.1. The normalized spacial score (nSPS) is 13.9. The van der Waals surface area contributed by atoms with Gasteiger partial charge in [-0.2, -0.15) is 0 Å². The van der Waals surface area contributed by atoms with Crippen molar-refractivity contribution in [2.24, 2.45) is 11.8 Å². The van der Waals surface area contributed by atoms with Crippen molar-refractivity contribution in [1.29, 1.82) is 0 Å². The molecule has 3 N–H and O–H groups in total. The van der Waals surface area contributed by atoms with Crippen molar-refractivity contribution in [3.63, 3.8) is 0 Å². The zero-order chi connectivity index (χ0) is 74.9. The Kier molecular flexibility index (Phi) is 73.1. The lowest BCUT2D eigenvalue weighted by Gasteiger charge is -2.21. The highest BCUT2D eigenvalue weighted by Crippen LogP contribution is 2.45. The molecule has 0 heterocycles. The number of esters is 4. The SMILES string of the molecule is CCCCCCCCCCCCCCCCCCCC(=O)OC[C@H](COP(=O)(O)OC[C@@H](O)COP(=O)(O)OC[C@@H](COC(=O)CCCCCCCCCCCC)OC(=O)CCCCCCCCCCCCCCCC(C)C)OC(=O)CCCCCCCCCCCCCCCCCCC(C)C. The fourth-order valence-corrected chi connectivity index (χ4v) is 14.5. The number of ether oxygens (including phenoxy) is 4. The van der Waals surface area contributed by atoms with E-state index in [-0.39, 0.29) is 25.7 Å². The van der Waals surface area contributed by atoms with E-state index >= 15 is 0 Å². The molecule has 19 heteroatoms. The number of carbonyl (C=O) groups is 4. The monoisotopic (exact) mass is 1490 g/mol. The maximum Gasteiger partial charge on any atom is 0.472 e. The van der Waals surface area contributed by atoms with Gasteiger partial charge in [0.2, 0.25) is 0 Å². The van der Waals surface area contributed by atoms with E-state index in [1.165, 1.54) is 257 Å². The summed E-state index contributed by atoms with van der Waals surface area (Å²) in [5.41, 5.74) is 0. The molecular formula is C83H162O17P2. The average Bonchev–Trinajstić information content (AvgIpc) is 0.939. The van der Waals surface area contributed by atoms with Gasteiger partial charge in [-0.3, -0.25) is 37.3 Å². The van der Waals surface area contributed by atoms with Crippen LogP contribution in [0.5, 0.6) is 0 Å². The first kappa shape index (κ1) is 100. The number of aliphatic hydroxyl groups is 1. The third-order valence-electron chi connectivity index (χ3n) is 19.5. The predicted molar refractivity (Wildman–Crippen MR) is 418 cm³/mol. The molecule has 0 aliphatic rings. The summed E-state index contributed by atoms with van der Waals surface area (Å²) in [6, 6.07) is 0. The Morgan fingerprint density at radius 1 is 0.265 bits per heavy atom. The Morgan fingerprint density at radius 2 is 0.451 bits per heavy atom. The molecule has 0 aromatic carbocycles. The van der Waals surface area contributed by atoms with Crippen molar-refractivity contribution >= 4 is 39.5 Å². The lowest BCUT2D eigenvalue weighted by atomic mass is 10.0. The molecule has 0 radical (unpaired) electrons. The van der Waals surface area contributed by atoms with E-state index in [0.29, 0.717) is 25.7 Å². The molecule has 606 valence electrons. The quantitative estimate of drug-likeness (QED) is 0.0222. The number of carbonyl (C=O) groups excluding carboxylic acids is 4. The molecule has 102 heavy (non-hydrogen) atoms. The first-order valence-electron chi connectivity index (χ1n) is 43.0. The topological polar surface area (TPSA) is 237 Å². The molecule has 2 unspecified atom stereocenters. The Labute approximate surface area is 626 Å². The van der Waals surface area contributed by atoms with Crippen LogP contribution >= 0.6 is 15.6 Å². The first-order chi connectivity index (χ1) is 49.4. The highest BCUT2D eigenvalue weighted by atomic mass is 31.2. The van der Waals surface area contributed by atoms with Crippen molar-refractivity contribution in [1.82, 2.24) is 0 Å². The van der Waals surface area contributed by atoms with Gasteiger partial charge in [0.05, 0.1) is 26.4 Å². The van der Waals surface area contributed by atoms with Gasteiger partial charge in [0.25, 0.3) is 0 Å². The third-order valence-corrected chi connectivity index (χ3v) is 21.4. The van der Waals surface area contributed by atoms with Gasteiger partial charge in [0.15, 0.2) is 12.2 Å². The van der Waals surface area contributed by atoms with Crippen LogP contribution in [0.4, 0.5) is 0 Å². The maximum absolute atomic E-state index is 13.1. The van der Waals surface area contributed by atoms with Crippen molar-refractivity contribution < 1.29 is 80.2 Å². The van der Waals surface area contributed by atoms with Crippen molar-refractivity contribution in [3.05, 3.63) is 0 Å². The molecule has 0 amide bonds. The van der Waals surface area contributed by atoms with Gasteiger partial charge in [-0.1, -0.05) is 388 Å². The second-order valence-electron chi connectivity index (χ2n) is 30.8. The van der Waals surface area contributed by atoms with Crippen LogP contribution in [0.2, 0.25) is 0 Å². The molecule has 0 aliphatic heterocycles. The van der Waals surface area contributed by atoms with E-state index in [2.05, 4.69) is 41.5 Å². The Bertz CT molecular complexity index is 1960. The highest BCUT2D eigenvalue weighted by molar-refractivity contribution is 7.47. The molecule has 0 fully saturated rings. The fourth-order valence-electron chi connectivity index (χ4n) is 12.9. The summed E-state index contributed by atoms with van der Waals surface area (Å²) in [4.78, 5) is 73.1. The Balaban J connectivity index is 5.24. The van der Waals surface area contributed by atoms with E-state index < -0.39 is 97.5 Å². The Hall–Kier alpha value is -1.94. The largest absolute Gasteiger partial charge is 0.472 e. The summed E-state index contributed by atoms with van der Waals surface area (Å²) < 4.78 is 68.8. The molecule has 0 aliphatic carbocycles. The molecule has 0 spiro atoms. The minimum atomic E-state index is -4.96. The van der Waals surface area contributed by atoms with Crippen LogP contribution in [0.15, 0.2) is 0 Å². The summed E-state index contributed by atoms with van der Waals surface area (Å²) in [6.07, 6.45) is 65.1. The number of phosphoric ester groups is 2. The van der Waals surface area contributed by atoms with E-state index in [9.17, 15) is 43.2 Å². The van der Waals surface area contributed by atoms with Crippen LogP contribution < -0.4 is 0 Å². The summed E-state index contributed by atoms with van der Waals surface area (Å²) in [5.74, 6) is -0.509. The van der Waals surface area contributed by atoms with Gasteiger partial charge >= 0.3 is 39.5 Å². The molecule has 0 bridgehead atoms. The number of phosphoric acid groups is 2. The minimum absolute atomic E-state index is 0.108. The molecule has 5 atom stereocenters. The van der Waals surface area contributed by atoms with Gasteiger partial charge in [0, 0.05) is 25.7 Å². The van der Waals surface area contributed by atoms with Crippen molar-refractivity contribution in [2.45, 2.75) is 458 Å². The van der Waals surface area contributed by atoms with Crippen LogP contribution in [0, 0.1) is 11.8 Å². The molecular weight excluding hydrogens is 1330 g/mol. The van der Waals surface area contributed by atoms with Gasteiger partial charge in [-0.05, 0) is 37.5 Å². The van der Waals surface area contributed by atoms with Crippen molar-refractivity contribution in [3.8, 4) is 0 Å². The number of hydrogen-bond donors (Lipinski definition) is 3. The summed E-state index contributed by atoms with van der Waals surface area (Å²) in [6.45, 7) is 9.69. The second-order valence-corrected chi connectivity index (χ2v) is 33.7. The number of rotatable bonds is 82. The number of aliphatic hydroxyl groups excluding tert-OH is 1. The first-order valence-corrected chi connectivity index (χ1v) is 46.0. The van der Waals surface area contributed by atoms with Gasteiger partial charge in [0.1, 0.15) is 19.3 Å².